The number of carboxylic acid groups (broad SMARTS) is 1. The van der Waals surface area contributed by atoms with Crippen LogP contribution in [0.5, 0.6) is 0 Å². The molecule has 2 heterocycles. The van der Waals surface area contributed by atoms with E-state index in [1.54, 1.807) is 4.90 Å². The Morgan fingerprint density at radius 3 is 2.11 bits per heavy atom. The van der Waals surface area contributed by atoms with Crippen LogP contribution < -0.4 is 0 Å². The van der Waals surface area contributed by atoms with Crippen molar-refractivity contribution >= 4 is 35.1 Å². The zero-order valence-corrected chi connectivity index (χ0v) is 22.8. The van der Waals surface area contributed by atoms with E-state index in [2.05, 4.69) is 0 Å². The number of rotatable bonds is 6. The molecule has 1 amide bonds. The van der Waals surface area contributed by atoms with Gasteiger partial charge < -0.3 is 10.0 Å². The van der Waals surface area contributed by atoms with Crippen molar-refractivity contribution in [1.82, 2.24) is 9.88 Å². The molecule has 1 aliphatic carbocycles. The van der Waals surface area contributed by atoms with E-state index < -0.39 is 11.9 Å². The third-order valence-electron chi connectivity index (χ3n) is 6.36. The number of likely N-dealkylation sites (tertiary alicyclic amines) is 1. The number of carbonyl (C=O) groups excluding carboxylic acids is 1. The Labute approximate surface area is 229 Å². The smallest absolute Gasteiger partial charge is 0.304 e. The van der Waals surface area contributed by atoms with Crippen LogP contribution in [0.1, 0.15) is 74.9 Å². The fourth-order valence-corrected chi connectivity index (χ4v) is 4.70. The number of amides is 1. The number of piperidine rings is 1. The van der Waals surface area contributed by atoms with Gasteiger partial charge in [0.05, 0.1) is 24.7 Å². The summed E-state index contributed by atoms with van der Waals surface area (Å²) in [7, 11) is 0. The number of hydrogen-bond donors (Lipinski definition) is 1. The lowest BCUT2D eigenvalue weighted by Gasteiger charge is -2.39. The van der Waals surface area contributed by atoms with Gasteiger partial charge in [-0.15, -0.1) is 0 Å². The Hall–Kier alpha value is -2.89. The van der Waals surface area contributed by atoms with E-state index in [1.807, 2.05) is 86.6 Å². The fourth-order valence-electron chi connectivity index (χ4n) is 4.43. The van der Waals surface area contributed by atoms with Gasteiger partial charge in [0.1, 0.15) is 0 Å². The summed E-state index contributed by atoms with van der Waals surface area (Å²) in [5, 5.41) is 10.6. The van der Waals surface area contributed by atoms with E-state index in [-0.39, 0.29) is 18.4 Å². The summed E-state index contributed by atoms with van der Waals surface area (Å²) in [6, 6.07) is 22.9. The predicted molar refractivity (Wildman–Crippen MR) is 149 cm³/mol. The maximum absolute atomic E-state index is 13.2. The molecule has 2 aromatic carbocycles. The second kappa shape index (κ2) is 14.2. The van der Waals surface area contributed by atoms with E-state index in [1.165, 1.54) is 12.8 Å². The molecule has 2 fully saturated rings. The SMILES string of the molecule is CC.Clc1ccccc1.O=C(O)CC1CCC(c2ccc(Cl)cc2)N(Cc2cccc(C3CC3)n2)C1=O. The van der Waals surface area contributed by atoms with Crippen LogP contribution in [0.2, 0.25) is 10.0 Å². The first-order valence-electron chi connectivity index (χ1n) is 12.8. The average molecular weight is 542 g/mol. The standard InChI is InChI=1S/C22H23ClN2O3.C6H5Cl.C2H6/c23-17-9-6-15(7-10-17)20-11-8-16(12-21(26)27)22(28)25(20)13-18-2-1-3-19(24-18)14-4-5-14;7-6-4-2-1-3-5-6;1-2/h1-3,6-7,9-10,14,16,20H,4-5,8,11-13H2,(H,26,27);1-5H;1-2H3. The lowest BCUT2D eigenvalue weighted by Crippen LogP contribution is -2.43. The molecule has 2 atom stereocenters. The lowest BCUT2D eigenvalue weighted by atomic mass is 9.86. The lowest BCUT2D eigenvalue weighted by molar-refractivity contribution is -0.149. The van der Waals surface area contributed by atoms with Crippen LogP contribution in [0.4, 0.5) is 0 Å². The van der Waals surface area contributed by atoms with Crippen LogP contribution in [-0.4, -0.2) is 26.9 Å². The van der Waals surface area contributed by atoms with Gasteiger partial charge in [0.15, 0.2) is 0 Å². The number of nitrogens with zero attached hydrogens (tertiary/aromatic N) is 2. The number of carboxylic acids is 1. The molecule has 1 N–H and O–H groups in total. The van der Waals surface area contributed by atoms with Crippen LogP contribution in [0.15, 0.2) is 72.8 Å². The molecule has 0 radical (unpaired) electrons. The van der Waals surface area contributed by atoms with Gasteiger partial charge >= 0.3 is 5.97 Å². The van der Waals surface area contributed by atoms with Gasteiger partial charge in [-0.2, -0.15) is 0 Å². The largest absolute Gasteiger partial charge is 0.481 e. The monoisotopic (exact) mass is 540 g/mol. The molecule has 3 aromatic rings. The van der Waals surface area contributed by atoms with Gasteiger partial charge in [-0.3, -0.25) is 14.6 Å². The van der Waals surface area contributed by atoms with Crippen molar-refractivity contribution in [3.05, 3.63) is 99.8 Å². The first kappa shape index (κ1) is 28.7. The van der Waals surface area contributed by atoms with E-state index in [9.17, 15) is 14.7 Å². The Morgan fingerprint density at radius 2 is 1.54 bits per heavy atom. The molecular formula is C30H34Cl2N2O3. The normalized spacial score (nSPS) is 18.7. The van der Waals surface area contributed by atoms with Crippen LogP contribution in [0, 0.1) is 5.92 Å². The summed E-state index contributed by atoms with van der Waals surface area (Å²) in [6.07, 6.45) is 3.52. The van der Waals surface area contributed by atoms with Crippen molar-refractivity contribution in [2.75, 3.05) is 0 Å². The fraction of sp³-hybridized carbons (Fsp3) is 0.367. The molecule has 1 saturated carbocycles. The summed E-state index contributed by atoms with van der Waals surface area (Å²) >= 11 is 11.6. The second-order valence-corrected chi connectivity index (χ2v) is 9.90. The van der Waals surface area contributed by atoms with Crippen LogP contribution in [0.3, 0.4) is 0 Å². The molecule has 37 heavy (non-hydrogen) atoms. The van der Waals surface area contributed by atoms with Crippen molar-refractivity contribution in [2.24, 2.45) is 5.92 Å². The third kappa shape index (κ3) is 8.58. The van der Waals surface area contributed by atoms with Gasteiger partial charge in [-0.25, -0.2) is 0 Å². The van der Waals surface area contributed by atoms with Gasteiger partial charge in [0.2, 0.25) is 5.91 Å². The second-order valence-electron chi connectivity index (χ2n) is 9.03. The number of pyridine rings is 1. The Morgan fingerprint density at radius 1 is 0.892 bits per heavy atom. The minimum absolute atomic E-state index is 0.0961. The van der Waals surface area contributed by atoms with Gasteiger partial charge in [-0.05, 0) is 67.6 Å². The average Bonchev–Trinajstić information content (AvgIpc) is 3.75. The first-order chi connectivity index (χ1) is 17.9. The highest BCUT2D eigenvalue weighted by molar-refractivity contribution is 6.30. The van der Waals surface area contributed by atoms with Crippen molar-refractivity contribution in [3.8, 4) is 0 Å². The van der Waals surface area contributed by atoms with Crippen molar-refractivity contribution in [1.29, 1.82) is 0 Å². The highest BCUT2D eigenvalue weighted by Gasteiger charge is 2.37. The van der Waals surface area contributed by atoms with E-state index in [4.69, 9.17) is 28.2 Å². The maximum Gasteiger partial charge on any atom is 0.304 e. The summed E-state index contributed by atoms with van der Waals surface area (Å²) in [4.78, 5) is 30.9. The molecule has 0 spiro atoms. The van der Waals surface area contributed by atoms with Crippen molar-refractivity contribution < 1.29 is 14.7 Å². The van der Waals surface area contributed by atoms with Gasteiger partial charge in [-0.1, -0.05) is 73.4 Å². The summed E-state index contributed by atoms with van der Waals surface area (Å²) in [6.45, 7) is 4.39. The molecule has 5 rings (SSSR count). The molecule has 1 aliphatic heterocycles. The summed E-state index contributed by atoms with van der Waals surface area (Å²) in [5.41, 5.74) is 2.96. The third-order valence-corrected chi connectivity index (χ3v) is 6.87. The molecule has 1 saturated heterocycles. The predicted octanol–water partition coefficient (Wildman–Crippen LogP) is 7.93. The topological polar surface area (TPSA) is 70.5 Å². The number of aliphatic carboxylic acids is 1. The molecule has 5 nitrogen and oxygen atoms in total. The number of benzene rings is 2. The molecule has 7 heteroatoms. The number of carbonyl (C=O) groups is 2. The zero-order chi connectivity index (χ0) is 26.8. The van der Waals surface area contributed by atoms with Crippen LogP contribution >= 0.6 is 23.2 Å². The Bertz CT molecular complexity index is 1150. The summed E-state index contributed by atoms with van der Waals surface area (Å²) < 4.78 is 0. The van der Waals surface area contributed by atoms with Crippen LogP contribution in [-0.2, 0) is 16.1 Å². The Kier molecular flexibility index (Phi) is 11.0. The van der Waals surface area contributed by atoms with Gasteiger partial charge in [0.25, 0.3) is 0 Å². The first-order valence-corrected chi connectivity index (χ1v) is 13.6. The zero-order valence-electron chi connectivity index (χ0n) is 21.3. The number of aromatic nitrogens is 1. The van der Waals surface area contributed by atoms with Crippen molar-refractivity contribution in [2.45, 2.75) is 64.5 Å². The molecular weight excluding hydrogens is 507 g/mol. The molecule has 2 aliphatic rings. The molecule has 2 unspecified atom stereocenters. The van der Waals surface area contributed by atoms with Crippen LogP contribution in [0.25, 0.3) is 0 Å². The van der Waals surface area contributed by atoms with Gasteiger partial charge in [0, 0.05) is 27.6 Å². The molecule has 196 valence electrons. The van der Waals surface area contributed by atoms with E-state index in [0.717, 1.165) is 28.4 Å². The quantitative estimate of drug-likeness (QED) is 0.344. The number of hydrogen-bond acceptors (Lipinski definition) is 3. The Balaban J connectivity index is 0.000000361. The molecule has 1 aromatic heterocycles. The maximum atomic E-state index is 13.2. The highest BCUT2D eigenvalue weighted by Crippen LogP contribution is 2.40. The van der Waals surface area contributed by atoms with E-state index in [0.29, 0.717) is 23.9 Å². The minimum Gasteiger partial charge on any atom is -0.481 e. The van der Waals surface area contributed by atoms with E-state index >= 15 is 0 Å². The number of halogens is 2. The minimum atomic E-state index is -0.933. The summed E-state index contributed by atoms with van der Waals surface area (Å²) in [5.74, 6) is -0.971. The molecule has 0 bridgehead atoms. The highest BCUT2D eigenvalue weighted by atomic mass is 35.5. The van der Waals surface area contributed by atoms with Crippen molar-refractivity contribution in [3.63, 3.8) is 0 Å².